The number of rotatable bonds is 5. The van der Waals surface area contributed by atoms with Crippen molar-refractivity contribution in [2.24, 2.45) is 30.2 Å². The second-order valence-corrected chi connectivity index (χ2v) is 11.2. The molecule has 6 nitrogen and oxygen atoms in total. The highest BCUT2D eigenvalue weighted by Crippen LogP contribution is 2.61. The molecule has 2 atom stereocenters. The molecule has 0 radical (unpaired) electrons. The van der Waals surface area contributed by atoms with Gasteiger partial charge in [0.15, 0.2) is 0 Å². The highest BCUT2D eigenvalue weighted by Gasteiger charge is 2.53. The fraction of sp³-hybridized carbons (Fsp3) is 0.593. The third kappa shape index (κ3) is 3.09. The Morgan fingerprint density at radius 2 is 1.76 bits per heavy atom. The molecule has 4 aliphatic rings. The largest absolute Gasteiger partial charge is 0.351 e. The van der Waals surface area contributed by atoms with Crippen LogP contribution in [0.25, 0.3) is 21.8 Å². The van der Waals surface area contributed by atoms with Crippen molar-refractivity contribution in [3.05, 3.63) is 40.8 Å². The highest BCUT2D eigenvalue weighted by atomic mass is 16.2. The van der Waals surface area contributed by atoms with Gasteiger partial charge in [0.1, 0.15) is 11.6 Å². The van der Waals surface area contributed by atoms with Gasteiger partial charge in [-0.2, -0.15) is 5.10 Å². The number of benzene rings is 1. The van der Waals surface area contributed by atoms with E-state index in [-0.39, 0.29) is 22.9 Å². The Balaban J connectivity index is 1.38. The zero-order chi connectivity index (χ0) is 22.9. The summed E-state index contributed by atoms with van der Waals surface area (Å²) in [7, 11) is 1.67. The predicted molar refractivity (Wildman–Crippen MR) is 130 cm³/mol. The molecule has 174 valence electrons. The Bertz CT molecular complexity index is 1270. The van der Waals surface area contributed by atoms with Gasteiger partial charge in [-0.25, -0.2) is 4.68 Å². The molecule has 6 heteroatoms. The van der Waals surface area contributed by atoms with Crippen LogP contribution in [0.1, 0.15) is 64.8 Å². The molecule has 2 heterocycles. The van der Waals surface area contributed by atoms with Gasteiger partial charge in [-0.05, 0) is 81.1 Å². The molecule has 7 rings (SSSR count). The van der Waals surface area contributed by atoms with E-state index in [0.717, 1.165) is 34.0 Å². The minimum atomic E-state index is -0.432. The van der Waals surface area contributed by atoms with Crippen LogP contribution in [0.15, 0.2) is 35.3 Å². The molecule has 1 aromatic carbocycles. The van der Waals surface area contributed by atoms with Gasteiger partial charge >= 0.3 is 0 Å². The van der Waals surface area contributed by atoms with Crippen LogP contribution in [-0.4, -0.2) is 26.3 Å². The standard InChI is InChI=1S/C27H34N4O2/c1-4-22(25(32)29-16(2)27-12-17-9-18(13-27)11-19(10-17)14-27)31-23-8-6-5-7-20(23)21-15-28-30(3)26(33)24(21)31/h5-8,15-19,22H,4,9-14H2,1-3H3,(H,29,32)/t16-,17?,18?,19?,22+,27?/m0/s1. The summed E-state index contributed by atoms with van der Waals surface area (Å²) >= 11 is 0. The van der Waals surface area contributed by atoms with Crippen LogP contribution in [0.3, 0.4) is 0 Å². The van der Waals surface area contributed by atoms with Gasteiger partial charge in [0, 0.05) is 23.9 Å². The Hall–Kier alpha value is -2.63. The van der Waals surface area contributed by atoms with E-state index in [1.807, 2.05) is 35.8 Å². The highest BCUT2D eigenvalue weighted by molar-refractivity contribution is 6.08. The molecule has 0 unspecified atom stereocenters. The molecule has 0 spiro atoms. The summed E-state index contributed by atoms with van der Waals surface area (Å²) in [6, 6.07) is 7.69. The summed E-state index contributed by atoms with van der Waals surface area (Å²) in [6.07, 6.45) is 10.4. The zero-order valence-corrected chi connectivity index (χ0v) is 19.9. The fourth-order valence-corrected chi connectivity index (χ4v) is 7.97. The molecule has 3 aromatic rings. The molecule has 4 bridgehead atoms. The number of aryl methyl sites for hydroxylation is 1. The number of carbonyl (C=O) groups is 1. The molecule has 33 heavy (non-hydrogen) atoms. The molecule has 2 aromatic heterocycles. The van der Waals surface area contributed by atoms with Gasteiger partial charge in [-0.1, -0.05) is 25.1 Å². The number of hydrogen-bond acceptors (Lipinski definition) is 3. The van der Waals surface area contributed by atoms with Crippen LogP contribution in [0.2, 0.25) is 0 Å². The van der Waals surface area contributed by atoms with Gasteiger partial charge in [0.25, 0.3) is 5.56 Å². The van der Waals surface area contributed by atoms with Gasteiger partial charge < -0.3 is 9.88 Å². The van der Waals surface area contributed by atoms with Crippen molar-refractivity contribution in [3.8, 4) is 0 Å². The Morgan fingerprint density at radius 3 is 2.39 bits per heavy atom. The molecule has 4 fully saturated rings. The van der Waals surface area contributed by atoms with E-state index in [1.54, 1.807) is 13.2 Å². The summed E-state index contributed by atoms with van der Waals surface area (Å²) in [4.78, 5) is 27.0. The van der Waals surface area contributed by atoms with Crippen LogP contribution in [0.5, 0.6) is 0 Å². The average Bonchev–Trinajstić information content (AvgIpc) is 3.11. The number of carbonyl (C=O) groups excluding carboxylic acids is 1. The number of amides is 1. The number of fused-ring (bicyclic) bond motifs is 3. The van der Waals surface area contributed by atoms with Crippen LogP contribution in [0, 0.1) is 23.2 Å². The number of aromatic nitrogens is 3. The summed E-state index contributed by atoms with van der Waals surface area (Å²) in [5.74, 6) is 2.59. The van der Waals surface area contributed by atoms with Crippen LogP contribution >= 0.6 is 0 Å². The lowest BCUT2D eigenvalue weighted by atomic mass is 9.48. The maximum Gasteiger partial charge on any atom is 0.291 e. The van der Waals surface area contributed by atoms with Crippen molar-refractivity contribution in [2.75, 3.05) is 0 Å². The molecular weight excluding hydrogens is 412 g/mol. The monoisotopic (exact) mass is 446 g/mol. The van der Waals surface area contributed by atoms with Crippen molar-refractivity contribution in [1.29, 1.82) is 0 Å². The van der Waals surface area contributed by atoms with E-state index >= 15 is 0 Å². The summed E-state index contributed by atoms with van der Waals surface area (Å²) in [6.45, 7) is 4.26. The molecule has 4 saturated carbocycles. The predicted octanol–water partition coefficient (Wildman–Crippen LogP) is 4.56. The third-order valence-electron chi connectivity index (χ3n) is 9.17. The van der Waals surface area contributed by atoms with Crippen molar-refractivity contribution < 1.29 is 4.79 Å². The van der Waals surface area contributed by atoms with Gasteiger partial charge in [-0.15, -0.1) is 0 Å². The second kappa shape index (κ2) is 7.44. The SMILES string of the molecule is CC[C@H](C(=O)N[C@@H](C)C12CC3CC(CC(C3)C1)C2)n1c2ccccc2c2cnn(C)c(=O)c21. The maximum absolute atomic E-state index is 13.8. The molecule has 0 aliphatic heterocycles. The number of para-hydroxylation sites is 1. The first-order chi connectivity index (χ1) is 15.9. The van der Waals surface area contributed by atoms with Crippen LogP contribution in [-0.2, 0) is 11.8 Å². The first kappa shape index (κ1) is 20.9. The van der Waals surface area contributed by atoms with E-state index in [2.05, 4.69) is 17.3 Å². The maximum atomic E-state index is 13.8. The topological polar surface area (TPSA) is 68.9 Å². The van der Waals surface area contributed by atoms with Gasteiger partial charge in [0.05, 0.1) is 11.7 Å². The van der Waals surface area contributed by atoms with E-state index in [4.69, 9.17) is 0 Å². The lowest BCUT2D eigenvalue weighted by Crippen LogP contribution is -2.56. The lowest BCUT2D eigenvalue weighted by Gasteiger charge is -2.59. The molecule has 0 saturated heterocycles. The summed E-state index contributed by atoms with van der Waals surface area (Å²) in [5, 5.41) is 9.48. The molecule has 1 N–H and O–H groups in total. The smallest absolute Gasteiger partial charge is 0.291 e. The number of nitrogens with one attached hydrogen (secondary N) is 1. The lowest BCUT2D eigenvalue weighted by molar-refractivity contribution is -0.129. The number of hydrogen-bond donors (Lipinski definition) is 1. The van der Waals surface area contributed by atoms with Gasteiger partial charge in [-0.3, -0.25) is 9.59 Å². The molecule has 1 amide bonds. The van der Waals surface area contributed by atoms with E-state index in [1.165, 1.54) is 43.2 Å². The van der Waals surface area contributed by atoms with Crippen LogP contribution in [0.4, 0.5) is 0 Å². The first-order valence-corrected chi connectivity index (χ1v) is 12.7. The first-order valence-electron chi connectivity index (χ1n) is 12.7. The molecule has 4 aliphatic carbocycles. The van der Waals surface area contributed by atoms with Crippen molar-refractivity contribution in [2.45, 2.75) is 70.9 Å². The van der Waals surface area contributed by atoms with E-state index in [9.17, 15) is 9.59 Å². The van der Waals surface area contributed by atoms with Crippen molar-refractivity contribution in [3.63, 3.8) is 0 Å². The summed E-state index contributed by atoms with van der Waals surface area (Å²) < 4.78 is 3.33. The second-order valence-electron chi connectivity index (χ2n) is 11.2. The van der Waals surface area contributed by atoms with E-state index < -0.39 is 6.04 Å². The average molecular weight is 447 g/mol. The van der Waals surface area contributed by atoms with Gasteiger partial charge in [0.2, 0.25) is 5.91 Å². The fourth-order valence-electron chi connectivity index (χ4n) is 7.97. The minimum absolute atomic E-state index is 0.0299. The Kier molecular flexibility index (Phi) is 4.72. The van der Waals surface area contributed by atoms with Crippen molar-refractivity contribution in [1.82, 2.24) is 19.7 Å². The molecular formula is C27H34N4O2. The Labute approximate surface area is 194 Å². The minimum Gasteiger partial charge on any atom is -0.351 e. The Morgan fingerprint density at radius 1 is 1.12 bits per heavy atom. The quantitative estimate of drug-likeness (QED) is 0.625. The number of nitrogens with zero attached hydrogens (tertiary/aromatic N) is 3. The van der Waals surface area contributed by atoms with E-state index in [0.29, 0.717) is 11.9 Å². The normalized spacial score (nSPS) is 30.1. The summed E-state index contributed by atoms with van der Waals surface area (Å²) in [5.41, 5.74) is 1.58. The van der Waals surface area contributed by atoms with Crippen LogP contribution < -0.4 is 10.9 Å². The zero-order valence-electron chi connectivity index (χ0n) is 19.9. The van der Waals surface area contributed by atoms with Crippen molar-refractivity contribution >= 4 is 27.7 Å². The third-order valence-corrected chi connectivity index (χ3v) is 9.17.